The number of methoxy groups -OCH3 is 1. The molecule has 1 aliphatic heterocycles. The van der Waals surface area contributed by atoms with Crippen LogP contribution < -0.4 is 10.1 Å². The number of nitrogens with one attached hydrogen (secondary N) is 1. The van der Waals surface area contributed by atoms with Gasteiger partial charge in [0.15, 0.2) is 0 Å². The van der Waals surface area contributed by atoms with Gasteiger partial charge in [-0.1, -0.05) is 46.3 Å². The van der Waals surface area contributed by atoms with Crippen molar-refractivity contribution in [2.24, 2.45) is 5.92 Å². The first-order chi connectivity index (χ1) is 14.2. The van der Waals surface area contributed by atoms with E-state index >= 15 is 0 Å². The summed E-state index contributed by atoms with van der Waals surface area (Å²) in [6, 6.07) is 16.5. The van der Waals surface area contributed by atoms with Crippen molar-refractivity contribution >= 4 is 15.9 Å². The summed E-state index contributed by atoms with van der Waals surface area (Å²) in [5.41, 5.74) is 3.14. The molecule has 0 radical (unpaired) electrons. The van der Waals surface area contributed by atoms with E-state index in [1.807, 2.05) is 18.2 Å². The Kier molecular flexibility index (Phi) is 6.64. The molecule has 1 aromatic heterocycles. The summed E-state index contributed by atoms with van der Waals surface area (Å²) in [5, 5.41) is 3.54. The first kappa shape index (κ1) is 20.1. The lowest BCUT2D eigenvalue weighted by molar-refractivity contribution is 0.314. The van der Waals surface area contributed by atoms with Crippen molar-refractivity contribution in [3.05, 3.63) is 70.5 Å². The minimum atomic E-state index is 0.579. The molecule has 0 amide bonds. The molecule has 1 fully saturated rings. The number of oxazole rings is 1. The second kappa shape index (κ2) is 9.57. The molecule has 2 aromatic carbocycles. The minimum Gasteiger partial charge on any atom is -0.496 e. The zero-order valence-electron chi connectivity index (χ0n) is 16.6. The highest BCUT2D eigenvalue weighted by atomic mass is 79.9. The van der Waals surface area contributed by atoms with Crippen LogP contribution >= 0.6 is 15.9 Å². The van der Waals surface area contributed by atoms with Gasteiger partial charge >= 0.3 is 0 Å². The minimum absolute atomic E-state index is 0.579. The molecule has 3 aromatic rings. The summed E-state index contributed by atoms with van der Waals surface area (Å²) >= 11 is 3.49. The van der Waals surface area contributed by atoms with E-state index in [-0.39, 0.29) is 0 Å². The molecule has 1 aliphatic rings. The molecule has 0 spiro atoms. The van der Waals surface area contributed by atoms with E-state index in [1.165, 1.54) is 12.0 Å². The quantitative estimate of drug-likeness (QED) is 0.532. The maximum atomic E-state index is 5.69. The molecule has 0 aliphatic carbocycles. The first-order valence-electron chi connectivity index (χ1n) is 9.96. The Balaban J connectivity index is 1.26. The van der Waals surface area contributed by atoms with Crippen LogP contribution in [-0.4, -0.2) is 36.6 Å². The number of ether oxygens (including phenoxy) is 1. The average Bonchev–Trinajstić information content (AvgIpc) is 3.38. The van der Waals surface area contributed by atoms with E-state index in [9.17, 15) is 0 Å². The normalized spacial score (nSPS) is 17.0. The predicted molar refractivity (Wildman–Crippen MR) is 118 cm³/mol. The molecule has 4 rings (SSSR count). The summed E-state index contributed by atoms with van der Waals surface area (Å²) < 4.78 is 12.1. The highest BCUT2D eigenvalue weighted by Gasteiger charge is 2.22. The van der Waals surface area contributed by atoms with Gasteiger partial charge in [-0.15, -0.1) is 0 Å². The number of aromatic nitrogens is 1. The van der Waals surface area contributed by atoms with Crippen molar-refractivity contribution < 1.29 is 9.15 Å². The van der Waals surface area contributed by atoms with Crippen LogP contribution in [0, 0.1) is 5.92 Å². The highest BCUT2D eigenvalue weighted by Crippen LogP contribution is 2.32. The molecular weight excluding hydrogens is 430 g/mol. The number of halogens is 1. The molecule has 1 N–H and O–H groups in total. The van der Waals surface area contributed by atoms with Crippen LogP contribution in [0.5, 0.6) is 5.75 Å². The Hall–Kier alpha value is -2.15. The maximum absolute atomic E-state index is 5.69. The van der Waals surface area contributed by atoms with Gasteiger partial charge in [0.2, 0.25) is 5.89 Å². The summed E-state index contributed by atoms with van der Waals surface area (Å²) in [6.45, 7) is 5.04. The van der Waals surface area contributed by atoms with E-state index < -0.39 is 0 Å². The fourth-order valence-electron chi connectivity index (χ4n) is 3.83. The van der Waals surface area contributed by atoms with Gasteiger partial charge in [-0.05, 0) is 49.2 Å². The summed E-state index contributed by atoms with van der Waals surface area (Å²) in [5.74, 6) is 2.00. The SMILES string of the molecule is COc1ccc(Br)cc1-c1nc(CNC[C@H]2CCN(Cc3ccccc3)C2)co1. The molecule has 2 heterocycles. The summed E-state index contributed by atoms with van der Waals surface area (Å²) in [4.78, 5) is 7.16. The number of benzene rings is 2. The molecule has 0 saturated carbocycles. The average molecular weight is 456 g/mol. The number of hydrogen-bond donors (Lipinski definition) is 1. The standard InChI is InChI=1S/C23H26BrN3O2/c1-28-22-8-7-19(24)11-21(22)23-26-20(16-29-23)13-25-12-18-9-10-27(15-18)14-17-5-3-2-4-6-17/h2-8,11,16,18,25H,9-10,12-15H2,1H3/t18-/m1/s1. The number of hydrogen-bond acceptors (Lipinski definition) is 5. The van der Waals surface area contributed by atoms with Gasteiger partial charge in [-0.25, -0.2) is 4.98 Å². The highest BCUT2D eigenvalue weighted by molar-refractivity contribution is 9.10. The molecule has 1 atom stereocenters. The van der Waals surface area contributed by atoms with Gasteiger partial charge < -0.3 is 14.5 Å². The number of nitrogens with zero attached hydrogens (tertiary/aromatic N) is 2. The smallest absolute Gasteiger partial charge is 0.229 e. The monoisotopic (exact) mass is 455 g/mol. The largest absolute Gasteiger partial charge is 0.496 e. The van der Waals surface area contributed by atoms with Crippen LogP contribution in [0.25, 0.3) is 11.5 Å². The van der Waals surface area contributed by atoms with E-state index in [0.717, 1.165) is 47.7 Å². The molecule has 29 heavy (non-hydrogen) atoms. The Labute approximate surface area is 180 Å². The lowest BCUT2D eigenvalue weighted by atomic mass is 10.1. The fourth-order valence-corrected chi connectivity index (χ4v) is 4.19. The van der Waals surface area contributed by atoms with Gasteiger partial charge in [0.25, 0.3) is 0 Å². The van der Waals surface area contributed by atoms with Crippen molar-refractivity contribution in [3.8, 4) is 17.2 Å². The molecule has 0 unspecified atom stereocenters. The van der Waals surface area contributed by atoms with Gasteiger partial charge in [-0.3, -0.25) is 4.90 Å². The van der Waals surface area contributed by atoms with E-state index in [2.05, 4.69) is 61.5 Å². The predicted octanol–water partition coefficient (Wildman–Crippen LogP) is 4.72. The van der Waals surface area contributed by atoms with Crippen LogP contribution in [0.1, 0.15) is 17.7 Å². The zero-order valence-corrected chi connectivity index (χ0v) is 18.2. The van der Waals surface area contributed by atoms with Crippen LogP contribution in [0.4, 0.5) is 0 Å². The molecule has 152 valence electrons. The molecular formula is C23H26BrN3O2. The van der Waals surface area contributed by atoms with Crippen molar-refractivity contribution in [2.75, 3.05) is 26.7 Å². The van der Waals surface area contributed by atoms with Crippen LogP contribution in [0.3, 0.4) is 0 Å². The van der Waals surface area contributed by atoms with E-state index in [4.69, 9.17) is 9.15 Å². The lowest BCUT2D eigenvalue weighted by Gasteiger charge is -2.16. The second-order valence-electron chi connectivity index (χ2n) is 7.49. The molecule has 0 bridgehead atoms. The third-order valence-electron chi connectivity index (χ3n) is 5.30. The number of likely N-dealkylation sites (tertiary alicyclic amines) is 1. The third-order valence-corrected chi connectivity index (χ3v) is 5.80. The van der Waals surface area contributed by atoms with E-state index in [0.29, 0.717) is 18.4 Å². The molecule has 6 heteroatoms. The number of rotatable bonds is 8. The Morgan fingerprint density at radius 3 is 2.93 bits per heavy atom. The van der Waals surface area contributed by atoms with Crippen molar-refractivity contribution in [3.63, 3.8) is 0 Å². The summed E-state index contributed by atoms with van der Waals surface area (Å²) in [7, 11) is 1.65. The third kappa shape index (κ3) is 5.26. The lowest BCUT2D eigenvalue weighted by Crippen LogP contribution is -2.26. The van der Waals surface area contributed by atoms with E-state index in [1.54, 1.807) is 13.4 Å². The molecule has 5 nitrogen and oxygen atoms in total. The van der Waals surface area contributed by atoms with Gasteiger partial charge in [0.1, 0.15) is 12.0 Å². The second-order valence-corrected chi connectivity index (χ2v) is 8.41. The van der Waals surface area contributed by atoms with Crippen molar-refractivity contribution in [1.29, 1.82) is 0 Å². The van der Waals surface area contributed by atoms with Crippen LogP contribution in [0.15, 0.2) is 63.7 Å². The maximum Gasteiger partial charge on any atom is 0.229 e. The van der Waals surface area contributed by atoms with Crippen LogP contribution in [0.2, 0.25) is 0 Å². The Bertz CT molecular complexity index is 929. The van der Waals surface area contributed by atoms with Gasteiger partial charge in [0, 0.05) is 24.1 Å². The van der Waals surface area contributed by atoms with Crippen molar-refractivity contribution in [1.82, 2.24) is 15.2 Å². The molecule has 1 saturated heterocycles. The van der Waals surface area contributed by atoms with Gasteiger partial charge in [-0.2, -0.15) is 0 Å². The summed E-state index contributed by atoms with van der Waals surface area (Å²) in [6.07, 6.45) is 2.96. The Morgan fingerprint density at radius 1 is 1.24 bits per heavy atom. The van der Waals surface area contributed by atoms with Crippen molar-refractivity contribution in [2.45, 2.75) is 19.5 Å². The van der Waals surface area contributed by atoms with Crippen LogP contribution in [-0.2, 0) is 13.1 Å². The van der Waals surface area contributed by atoms with Gasteiger partial charge in [0.05, 0.1) is 18.4 Å². The fraction of sp³-hybridized carbons (Fsp3) is 0.348. The Morgan fingerprint density at radius 2 is 2.10 bits per heavy atom. The topological polar surface area (TPSA) is 50.5 Å². The zero-order chi connectivity index (χ0) is 20.1. The first-order valence-corrected chi connectivity index (χ1v) is 10.8.